The Morgan fingerprint density at radius 3 is 1.90 bits per heavy atom. The number of benzene rings is 5. The molecular weight excluding hydrogens is 522 g/mol. The van der Waals surface area contributed by atoms with Crippen LogP contribution in [0.1, 0.15) is 11.1 Å². The van der Waals surface area contributed by atoms with E-state index in [0.29, 0.717) is 36.0 Å². The van der Waals surface area contributed by atoms with E-state index in [9.17, 15) is 5.11 Å². The molecule has 0 saturated carbocycles. The van der Waals surface area contributed by atoms with Crippen LogP contribution in [0.3, 0.4) is 0 Å². The molecule has 7 aromatic rings. The molecule has 0 aliphatic rings. The third-order valence-corrected chi connectivity index (χ3v) is 7.19. The number of nitrogens with zero attached hydrogens (tertiary/aromatic N) is 3. The predicted octanol–water partition coefficient (Wildman–Crippen LogP) is 8.08. The van der Waals surface area contributed by atoms with Gasteiger partial charge >= 0.3 is 0 Å². The summed E-state index contributed by atoms with van der Waals surface area (Å²) in [5.74, 6) is 1.99. The monoisotopic (exact) mass is 549 g/mol. The van der Waals surface area contributed by atoms with Crippen molar-refractivity contribution < 1.29 is 14.6 Å². The standard InChI is InChI=1S/C36H27N3O3/c40-34-21-29(42-24-26-11-5-2-6-12-26)19-20-30(34)35-31(22-39-33-14-8-7-13-32(33)37-36(39)38-35)27-15-17-28(18-16-27)41-23-25-9-3-1-4-10-25/h1-22,40H,23-24H2. The molecule has 42 heavy (non-hydrogen) atoms. The van der Waals surface area contributed by atoms with Gasteiger partial charge in [0.25, 0.3) is 0 Å². The summed E-state index contributed by atoms with van der Waals surface area (Å²) in [5, 5.41) is 11.2. The number of fused-ring (bicyclic) bond motifs is 3. The lowest BCUT2D eigenvalue weighted by Crippen LogP contribution is -1.98. The lowest BCUT2D eigenvalue weighted by Gasteiger charge is -2.14. The number of aromatic hydroxyl groups is 1. The van der Waals surface area contributed by atoms with Gasteiger partial charge in [0.15, 0.2) is 0 Å². The van der Waals surface area contributed by atoms with E-state index in [1.165, 1.54) is 0 Å². The van der Waals surface area contributed by atoms with Crippen LogP contribution in [0, 0.1) is 0 Å². The molecule has 5 aromatic carbocycles. The molecule has 0 unspecified atom stereocenters. The maximum absolute atomic E-state index is 11.2. The highest BCUT2D eigenvalue weighted by Crippen LogP contribution is 2.38. The van der Waals surface area contributed by atoms with E-state index >= 15 is 0 Å². The lowest BCUT2D eigenvalue weighted by atomic mass is 10.00. The molecule has 204 valence electrons. The van der Waals surface area contributed by atoms with Gasteiger partial charge in [0.05, 0.1) is 16.7 Å². The molecule has 0 fully saturated rings. The number of phenolic OH excluding ortho intramolecular Hbond substituents is 1. The second-order valence-electron chi connectivity index (χ2n) is 10.0. The summed E-state index contributed by atoms with van der Waals surface area (Å²) in [6.45, 7) is 0.904. The van der Waals surface area contributed by atoms with E-state index in [2.05, 4.69) is 0 Å². The summed E-state index contributed by atoms with van der Waals surface area (Å²) in [7, 11) is 0. The normalized spacial score (nSPS) is 11.1. The summed E-state index contributed by atoms with van der Waals surface area (Å²) in [5.41, 5.74) is 6.99. The van der Waals surface area contributed by atoms with Crippen LogP contribution in [-0.2, 0) is 13.2 Å². The van der Waals surface area contributed by atoms with Gasteiger partial charge in [-0.15, -0.1) is 0 Å². The highest BCUT2D eigenvalue weighted by molar-refractivity contribution is 5.87. The summed E-state index contributed by atoms with van der Waals surface area (Å²) < 4.78 is 14.0. The van der Waals surface area contributed by atoms with Crippen molar-refractivity contribution in [2.45, 2.75) is 13.2 Å². The first-order valence-electron chi connectivity index (χ1n) is 13.8. The van der Waals surface area contributed by atoms with E-state index in [0.717, 1.165) is 39.0 Å². The van der Waals surface area contributed by atoms with Crippen LogP contribution in [0.15, 0.2) is 134 Å². The summed E-state index contributed by atoms with van der Waals surface area (Å²) in [4.78, 5) is 9.70. The van der Waals surface area contributed by atoms with Crippen LogP contribution < -0.4 is 9.47 Å². The van der Waals surface area contributed by atoms with Gasteiger partial charge in [-0.1, -0.05) is 84.9 Å². The minimum atomic E-state index is 0.0811. The molecule has 0 radical (unpaired) electrons. The van der Waals surface area contributed by atoms with Crippen LogP contribution >= 0.6 is 0 Å². The Labute approximate surface area is 243 Å². The maximum Gasteiger partial charge on any atom is 0.235 e. The fourth-order valence-corrected chi connectivity index (χ4v) is 5.02. The first kappa shape index (κ1) is 25.4. The molecule has 0 aliphatic carbocycles. The fourth-order valence-electron chi connectivity index (χ4n) is 5.02. The Hall–Kier alpha value is -5.62. The Kier molecular flexibility index (Phi) is 6.70. The summed E-state index contributed by atoms with van der Waals surface area (Å²) >= 11 is 0. The fraction of sp³-hybridized carbons (Fsp3) is 0.0556. The van der Waals surface area contributed by atoms with Crippen molar-refractivity contribution in [3.63, 3.8) is 0 Å². The van der Waals surface area contributed by atoms with E-state index in [1.807, 2.05) is 132 Å². The molecule has 0 saturated heterocycles. The van der Waals surface area contributed by atoms with Crippen molar-refractivity contribution in [1.82, 2.24) is 14.4 Å². The highest BCUT2D eigenvalue weighted by Gasteiger charge is 2.18. The molecule has 2 heterocycles. The van der Waals surface area contributed by atoms with Crippen LogP contribution in [0.25, 0.3) is 39.2 Å². The third kappa shape index (κ3) is 5.13. The highest BCUT2D eigenvalue weighted by atomic mass is 16.5. The largest absolute Gasteiger partial charge is 0.507 e. The second-order valence-corrected chi connectivity index (χ2v) is 10.0. The van der Waals surface area contributed by atoms with E-state index in [1.54, 1.807) is 6.07 Å². The van der Waals surface area contributed by atoms with Gasteiger partial charge in [-0.2, -0.15) is 0 Å². The molecule has 7 rings (SSSR count). The van der Waals surface area contributed by atoms with Gasteiger partial charge in [-0.25, -0.2) is 9.97 Å². The quantitative estimate of drug-likeness (QED) is 0.208. The Morgan fingerprint density at radius 2 is 1.21 bits per heavy atom. The van der Waals surface area contributed by atoms with E-state index in [4.69, 9.17) is 19.4 Å². The number of hydrogen-bond acceptors (Lipinski definition) is 5. The Morgan fingerprint density at radius 1 is 0.595 bits per heavy atom. The second kappa shape index (κ2) is 11.1. The molecule has 0 atom stereocenters. The number of hydrogen-bond donors (Lipinski definition) is 1. The van der Waals surface area contributed by atoms with Gasteiger partial charge in [-0.3, -0.25) is 4.40 Å². The van der Waals surface area contributed by atoms with Gasteiger partial charge < -0.3 is 14.6 Å². The number of imidazole rings is 1. The van der Waals surface area contributed by atoms with Crippen molar-refractivity contribution in [2.75, 3.05) is 0 Å². The van der Waals surface area contributed by atoms with Crippen molar-refractivity contribution in [2.24, 2.45) is 0 Å². The lowest BCUT2D eigenvalue weighted by molar-refractivity contribution is 0.304. The minimum Gasteiger partial charge on any atom is -0.507 e. The molecular formula is C36H27N3O3. The first-order valence-corrected chi connectivity index (χ1v) is 13.8. The zero-order valence-electron chi connectivity index (χ0n) is 22.7. The van der Waals surface area contributed by atoms with Crippen LogP contribution in [0.5, 0.6) is 17.2 Å². The maximum atomic E-state index is 11.2. The molecule has 6 heteroatoms. The SMILES string of the molecule is Oc1cc(OCc2ccccc2)ccc1-c1nc2nc3ccccc3n2cc1-c1ccc(OCc2ccccc2)cc1. The zero-order valence-corrected chi connectivity index (χ0v) is 22.7. The summed E-state index contributed by atoms with van der Waals surface area (Å²) in [6.07, 6.45) is 2.03. The number of aromatic nitrogens is 3. The number of phenols is 1. The van der Waals surface area contributed by atoms with Gasteiger partial charge in [0, 0.05) is 23.4 Å². The van der Waals surface area contributed by atoms with Crippen molar-refractivity contribution in [3.05, 3.63) is 145 Å². The van der Waals surface area contributed by atoms with E-state index < -0.39 is 0 Å². The number of para-hydroxylation sites is 2. The number of ether oxygens (including phenoxy) is 2. The smallest absolute Gasteiger partial charge is 0.235 e. The third-order valence-electron chi connectivity index (χ3n) is 7.19. The molecule has 0 aliphatic heterocycles. The predicted molar refractivity (Wildman–Crippen MR) is 165 cm³/mol. The van der Waals surface area contributed by atoms with Gasteiger partial charge in [-0.05, 0) is 53.1 Å². The topological polar surface area (TPSA) is 68.9 Å². The molecule has 6 nitrogen and oxygen atoms in total. The molecule has 0 amide bonds. The average molecular weight is 550 g/mol. The Balaban J connectivity index is 1.25. The molecule has 0 spiro atoms. The van der Waals surface area contributed by atoms with Crippen molar-refractivity contribution in [3.8, 4) is 39.6 Å². The Bertz CT molecular complexity index is 1990. The van der Waals surface area contributed by atoms with Gasteiger partial charge in [0.1, 0.15) is 30.5 Å². The van der Waals surface area contributed by atoms with Gasteiger partial charge in [0.2, 0.25) is 5.78 Å². The van der Waals surface area contributed by atoms with Crippen molar-refractivity contribution >= 4 is 16.8 Å². The molecule has 0 bridgehead atoms. The van der Waals surface area contributed by atoms with Crippen LogP contribution in [0.4, 0.5) is 0 Å². The minimum absolute atomic E-state index is 0.0811. The van der Waals surface area contributed by atoms with E-state index in [-0.39, 0.29) is 5.75 Å². The zero-order chi connectivity index (χ0) is 28.3. The number of rotatable bonds is 8. The molecule has 1 N–H and O–H groups in total. The van der Waals surface area contributed by atoms with Crippen LogP contribution in [-0.4, -0.2) is 19.5 Å². The molecule has 2 aromatic heterocycles. The van der Waals surface area contributed by atoms with Crippen molar-refractivity contribution in [1.29, 1.82) is 0 Å². The van der Waals surface area contributed by atoms with Crippen LogP contribution in [0.2, 0.25) is 0 Å². The average Bonchev–Trinajstić information content (AvgIpc) is 3.41. The first-order chi connectivity index (χ1) is 20.7. The summed E-state index contributed by atoms with van der Waals surface area (Å²) in [6, 6.07) is 41.3.